The van der Waals surface area contributed by atoms with E-state index < -0.39 is 6.10 Å². The first-order valence-electron chi connectivity index (χ1n) is 13.0. The first-order chi connectivity index (χ1) is 18.6. The smallest absolute Gasteiger partial charge is 0.150 e. The molecular formula is C29H29Cl2N5O2. The third-order valence-corrected chi connectivity index (χ3v) is 7.76. The molecule has 3 aromatic heterocycles. The summed E-state index contributed by atoms with van der Waals surface area (Å²) in [4.78, 5) is 8.88. The molecule has 6 rings (SSSR count). The molecule has 0 bridgehead atoms. The number of pyridine rings is 2. The molecule has 38 heavy (non-hydrogen) atoms. The highest BCUT2D eigenvalue weighted by Gasteiger charge is 2.25. The van der Waals surface area contributed by atoms with Gasteiger partial charge in [0.05, 0.1) is 26.6 Å². The maximum atomic E-state index is 6.53. The van der Waals surface area contributed by atoms with Crippen LogP contribution in [0.1, 0.15) is 56.2 Å². The van der Waals surface area contributed by atoms with Gasteiger partial charge in [-0.15, -0.1) is 0 Å². The summed E-state index contributed by atoms with van der Waals surface area (Å²) < 4.78 is 14.7. The topological polar surface area (TPSA) is 74.1 Å². The van der Waals surface area contributed by atoms with E-state index in [0.29, 0.717) is 21.4 Å². The Kier molecular flexibility index (Phi) is 7.34. The number of ether oxygens (including phenoxy) is 2. The molecule has 0 aliphatic carbocycles. The van der Waals surface area contributed by atoms with E-state index >= 15 is 0 Å². The van der Waals surface area contributed by atoms with Crippen LogP contribution in [0.5, 0.6) is 5.75 Å². The number of rotatable bonds is 6. The Hall–Kier alpha value is -2.97. The fourth-order valence-corrected chi connectivity index (χ4v) is 5.91. The second-order valence-electron chi connectivity index (χ2n) is 9.66. The van der Waals surface area contributed by atoms with Crippen LogP contribution in [-0.4, -0.2) is 39.4 Å². The molecule has 1 unspecified atom stereocenters. The number of hydrogen-bond donors (Lipinski definition) is 1. The van der Waals surface area contributed by atoms with Crippen LogP contribution in [0, 0.1) is 0 Å². The van der Waals surface area contributed by atoms with Crippen LogP contribution in [0.4, 0.5) is 0 Å². The third-order valence-electron chi connectivity index (χ3n) is 7.15. The zero-order valence-electron chi connectivity index (χ0n) is 21.2. The number of benzene rings is 1. The Bertz CT molecular complexity index is 1460. The summed E-state index contributed by atoms with van der Waals surface area (Å²) in [6.45, 7) is 4.51. The van der Waals surface area contributed by atoms with Crippen molar-refractivity contribution in [2.24, 2.45) is 0 Å². The maximum absolute atomic E-state index is 6.53. The summed E-state index contributed by atoms with van der Waals surface area (Å²) in [6, 6.07) is 10.2. The molecule has 2 aliphatic heterocycles. The zero-order valence-corrected chi connectivity index (χ0v) is 22.7. The molecule has 1 N–H and O–H groups in total. The molecular weight excluding hydrogens is 521 g/mol. The van der Waals surface area contributed by atoms with Crippen molar-refractivity contribution in [3.63, 3.8) is 0 Å². The first kappa shape index (κ1) is 25.3. The van der Waals surface area contributed by atoms with Crippen molar-refractivity contribution in [3.05, 3.63) is 76.3 Å². The summed E-state index contributed by atoms with van der Waals surface area (Å²) in [5.41, 5.74) is 5.65. The van der Waals surface area contributed by atoms with E-state index in [-0.39, 0.29) is 6.23 Å². The second-order valence-corrected chi connectivity index (χ2v) is 10.5. The van der Waals surface area contributed by atoms with Crippen molar-refractivity contribution in [1.82, 2.24) is 25.1 Å². The van der Waals surface area contributed by atoms with Gasteiger partial charge in [0.15, 0.2) is 6.23 Å². The van der Waals surface area contributed by atoms with E-state index in [1.807, 2.05) is 29.9 Å². The molecule has 1 saturated heterocycles. The van der Waals surface area contributed by atoms with Crippen LogP contribution in [0.2, 0.25) is 10.0 Å². The number of hydrogen-bond acceptors (Lipinski definition) is 6. The van der Waals surface area contributed by atoms with Crippen molar-refractivity contribution in [1.29, 1.82) is 0 Å². The van der Waals surface area contributed by atoms with Crippen molar-refractivity contribution in [3.8, 4) is 17.0 Å². The Labute approximate surface area is 231 Å². The quantitative estimate of drug-likeness (QED) is 0.278. The zero-order chi connectivity index (χ0) is 26.1. The van der Waals surface area contributed by atoms with Gasteiger partial charge in [-0.3, -0.25) is 9.97 Å². The number of halogens is 2. The van der Waals surface area contributed by atoms with E-state index in [1.165, 1.54) is 5.57 Å². The van der Waals surface area contributed by atoms with Crippen molar-refractivity contribution < 1.29 is 9.47 Å². The highest BCUT2D eigenvalue weighted by atomic mass is 35.5. The van der Waals surface area contributed by atoms with E-state index in [0.717, 1.165) is 73.2 Å². The summed E-state index contributed by atoms with van der Waals surface area (Å²) in [5, 5.41) is 10.3. The molecule has 0 radical (unpaired) electrons. The molecule has 0 saturated carbocycles. The molecule has 7 nitrogen and oxygen atoms in total. The van der Waals surface area contributed by atoms with Gasteiger partial charge in [-0.25, -0.2) is 4.68 Å². The molecule has 1 fully saturated rings. The van der Waals surface area contributed by atoms with E-state index in [1.54, 1.807) is 12.4 Å². The van der Waals surface area contributed by atoms with Crippen LogP contribution < -0.4 is 10.1 Å². The minimum atomic E-state index is -0.405. The van der Waals surface area contributed by atoms with Crippen molar-refractivity contribution in [2.45, 2.75) is 44.9 Å². The van der Waals surface area contributed by atoms with Gasteiger partial charge in [-0.1, -0.05) is 35.3 Å². The average molecular weight is 550 g/mol. The SMILES string of the molecule is C[C@@H](Oc1cccc2c1c(-c1ccc(C3=CCNCC3)nc1)nn2C1CCCCO1)c1c(Cl)cncc1Cl. The monoisotopic (exact) mass is 549 g/mol. The van der Waals surface area contributed by atoms with Crippen LogP contribution in [0.15, 0.2) is 55.0 Å². The molecule has 1 aromatic carbocycles. The molecule has 9 heteroatoms. The lowest BCUT2D eigenvalue weighted by Gasteiger charge is -2.23. The Morgan fingerprint density at radius 3 is 2.68 bits per heavy atom. The highest BCUT2D eigenvalue weighted by molar-refractivity contribution is 6.35. The van der Waals surface area contributed by atoms with Gasteiger partial charge in [-0.2, -0.15) is 5.10 Å². The number of nitrogens with zero attached hydrogens (tertiary/aromatic N) is 4. The van der Waals surface area contributed by atoms with E-state index in [9.17, 15) is 0 Å². The number of aromatic nitrogens is 4. The lowest BCUT2D eigenvalue weighted by atomic mass is 10.0. The van der Waals surface area contributed by atoms with Crippen LogP contribution in [-0.2, 0) is 4.74 Å². The predicted molar refractivity (Wildman–Crippen MR) is 151 cm³/mol. The standard InChI is InChI=1S/C29H29Cl2N5O2/c1-18(27-21(30)16-33-17-22(27)31)38-25-6-4-5-24-28(25)29(35-36(24)26-7-2-3-14-37-26)20-8-9-23(34-15-20)19-10-12-32-13-11-19/h4-6,8-10,15-18,26,32H,2-3,7,11-14H2,1H3/t18-,26?/m1/s1. The van der Waals surface area contributed by atoms with Crippen LogP contribution >= 0.6 is 23.2 Å². The second kappa shape index (κ2) is 11.0. The third kappa shape index (κ3) is 4.92. The molecule has 2 atom stereocenters. The van der Waals surface area contributed by atoms with E-state index in [4.69, 9.17) is 42.8 Å². The predicted octanol–water partition coefficient (Wildman–Crippen LogP) is 7.02. The normalized spacial score (nSPS) is 18.8. The molecule has 0 spiro atoms. The summed E-state index contributed by atoms with van der Waals surface area (Å²) in [5.74, 6) is 0.696. The Morgan fingerprint density at radius 1 is 1.11 bits per heavy atom. The minimum absolute atomic E-state index is 0.121. The maximum Gasteiger partial charge on any atom is 0.150 e. The van der Waals surface area contributed by atoms with Gasteiger partial charge >= 0.3 is 0 Å². The summed E-state index contributed by atoms with van der Waals surface area (Å²) in [7, 11) is 0. The van der Waals surface area contributed by atoms with Gasteiger partial charge in [0, 0.05) is 42.9 Å². The largest absolute Gasteiger partial charge is 0.485 e. The molecule has 4 aromatic rings. The minimum Gasteiger partial charge on any atom is -0.485 e. The van der Waals surface area contributed by atoms with Gasteiger partial charge in [0.2, 0.25) is 0 Å². The van der Waals surface area contributed by atoms with Gasteiger partial charge in [0.1, 0.15) is 17.5 Å². The summed E-state index contributed by atoms with van der Waals surface area (Å²) in [6.07, 6.45) is 10.8. The number of nitrogens with one attached hydrogen (secondary N) is 1. The molecule has 2 aliphatic rings. The van der Waals surface area contributed by atoms with Crippen LogP contribution in [0.25, 0.3) is 27.7 Å². The Balaban J connectivity index is 1.44. The molecule has 5 heterocycles. The van der Waals surface area contributed by atoms with Crippen LogP contribution in [0.3, 0.4) is 0 Å². The fraction of sp³-hybridized carbons (Fsp3) is 0.345. The first-order valence-corrected chi connectivity index (χ1v) is 13.8. The average Bonchev–Trinajstić information content (AvgIpc) is 3.35. The fourth-order valence-electron chi connectivity index (χ4n) is 5.23. The van der Waals surface area contributed by atoms with Crippen molar-refractivity contribution >= 4 is 39.7 Å². The van der Waals surface area contributed by atoms with Crippen molar-refractivity contribution in [2.75, 3.05) is 19.7 Å². The molecule has 196 valence electrons. The lowest BCUT2D eigenvalue weighted by molar-refractivity contribution is -0.0365. The van der Waals surface area contributed by atoms with Gasteiger partial charge in [0.25, 0.3) is 0 Å². The summed E-state index contributed by atoms with van der Waals surface area (Å²) >= 11 is 12.9. The van der Waals surface area contributed by atoms with Gasteiger partial charge < -0.3 is 14.8 Å². The Morgan fingerprint density at radius 2 is 1.97 bits per heavy atom. The molecule has 0 amide bonds. The number of fused-ring (bicyclic) bond motifs is 1. The van der Waals surface area contributed by atoms with E-state index in [2.05, 4.69) is 34.6 Å². The van der Waals surface area contributed by atoms with Gasteiger partial charge in [-0.05, 0) is 69.0 Å². The highest BCUT2D eigenvalue weighted by Crippen LogP contribution is 2.40. The lowest BCUT2D eigenvalue weighted by Crippen LogP contribution is -2.20.